The van der Waals surface area contributed by atoms with Crippen LogP contribution in [-0.4, -0.2) is 28.1 Å². The van der Waals surface area contributed by atoms with Crippen LogP contribution in [0.5, 0.6) is 0 Å². The average Bonchev–Trinajstić information content (AvgIpc) is 3.07. The first-order chi connectivity index (χ1) is 14.0. The van der Waals surface area contributed by atoms with Crippen LogP contribution in [0, 0.1) is 0 Å². The molecule has 2 aromatic carbocycles. The molecule has 0 atom stereocenters. The largest absolute Gasteiger partial charge is 0.325 e. The van der Waals surface area contributed by atoms with E-state index < -0.39 is 0 Å². The summed E-state index contributed by atoms with van der Waals surface area (Å²) < 4.78 is 1.03. The summed E-state index contributed by atoms with van der Waals surface area (Å²) in [6, 6.07) is 15.2. The van der Waals surface area contributed by atoms with Crippen LogP contribution >= 0.6 is 39.3 Å². The van der Waals surface area contributed by atoms with Crippen LogP contribution < -0.4 is 5.32 Å². The highest BCUT2D eigenvalue weighted by Gasteiger charge is 2.37. The Balaban J connectivity index is 1.49. The van der Waals surface area contributed by atoms with E-state index in [1.807, 2.05) is 12.1 Å². The molecule has 7 heteroatoms. The first kappa shape index (κ1) is 20.6. The molecular weight excluding hydrogens is 470 g/mol. The van der Waals surface area contributed by atoms with E-state index in [1.165, 1.54) is 18.2 Å². The van der Waals surface area contributed by atoms with Crippen molar-refractivity contribution in [1.29, 1.82) is 0 Å². The molecule has 0 unspecified atom stereocenters. The zero-order valence-corrected chi connectivity index (χ0v) is 19.0. The molecule has 4 nitrogen and oxygen atoms in total. The standard InChI is InChI=1S/C22H21BrClN3OS/c23-16-6-4-15(5-7-16)20-21(27-22(26-20)12-2-1-3-13-22)29-14-19(28)25-18-10-8-17(24)9-11-18/h4-11H,1-3,12-14H2,(H,25,28). The lowest BCUT2D eigenvalue weighted by molar-refractivity contribution is -0.113. The van der Waals surface area contributed by atoms with Gasteiger partial charge in [-0.15, -0.1) is 0 Å². The van der Waals surface area contributed by atoms with E-state index in [9.17, 15) is 4.79 Å². The molecule has 1 spiro atoms. The Bertz CT molecular complexity index is 951. The van der Waals surface area contributed by atoms with Crippen molar-refractivity contribution in [2.75, 3.05) is 11.1 Å². The van der Waals surface area contributed by atoms with E-state index in [1.54, 1.807) is 24.3 Å². The fourth-order valence-electron chi connectivity index (χ4n) is 3.63. The van der Waals surface area contributed by atoms with Gasteiger partial charge in [-0.2, -0.15) is 0 Å². The minimum Gasteiger partial charge on any atom is -0.325 e. The second kappa shape index (κ2) is 9.02. The maximum Gasteiger partial charge on any atom is 0.234 e. The number of hydrogen-bond donors (Lipinski definition) is 1. The van der Waals surface area contributed by atoms with E-state index >= 15 is 0 Å². The predicted octanol–water partition coefficient (Wildman–Crippen LogP) is 6.34. The smallest absolute Gasteiger partial charge is 0.234 e. The lowest BCUT2D eigenvalue weighted by atomic mass is 9.90. The SMILES string of the molecule is O=C(CSC1=NC2(CCCCC2)N=C1c1ccc(Br)cc1)Nc1ccc(Cl)cc1. The van der Waals surface area contributed by atoms with Crippen molar-refractivity contribution in [2.24, 2.45) is 9.98 Å². The number of aliphatic imine (C=N–C) groups is 2. The topological polar surface area (TPSA) is 53.8 Å². The maximum atomic E-state index is 12.4. The lowest BCUT2D eigenvalue weighted by Gasteiger charge is -2.27. The Hall–Kier alpha value is -1.63. The first-order valence-corrected chi connectivity index (χ1v) is 11.8. The summed E-state index contributed by atoms with van der Waals surface area (Å²) in [4.78, 5) is 22.5. The molecule has 1 heterocycles. The van der Waals surface area contributed by atoms with Gasteiger partial charge in [0.05, 0.1) is 11.5 Å². The zero-order valence-electron chi connectivity index (χ0n) is 15.8. The Morgan fingerprint density at radius 2 is 1.72 bits per heavy atom. The third-order valence-corrected chi connectivity index (χ3v) is 6.82. The van der Waals surface area contributed by atoms with E-state index in [0.717, 1.165) is 52.2 Å². The molecule has 2 aromatic rings. The third-order valence-electron chi connectivity index (χ3n) is 5.07. The molecule has 1 N–H and O–H groups in total. The number of benzene rings is 2. The number of nitrogens with zero attached hydrogens (tertiary/aromatic N) is 2. The highest BCUT2D eigenvalue weighted by atomic mass is 79.9. The van der Waals surface area contributed by atoms with Crippen LogP contribution in [0.1, 0.15) is 37.7 Å². The van der Waals surface area contributed by atoms with E-state index in [-0.39, 0.29) is 17.3 Å². The average molecular weight is 491 g/mol. The summed E-state index contributed by atoms with van der Waals surface area (Å²) in [5, 5.41) is 4.41. The van der Waals surface area contributed by atoms with Crippen LogP contribution in [0.25, 0.3) is 0 Å². The Labute approximate surface area is 188 Å². The number of carbonyl (C=O) groups excluding carboxylic acids is 1. The number of nitrogens with one attached hydrogen (secondary N) is 1. The minimum atomic E-state index is -0.338. The molecule has 1 amide bonds. The molecule has 0 saturated heterocycles. The van der Waals surface area contributed by atoms with Gasteiger partial charge in [0.25, 0.3) is 0 Å². The van der Waals surface area contributed by atoms with Crippen LogP contribution in [0.4, 0.5) is 5.69 Å². The molecule has 1 saturated carbocycles. The van der Waals surface area contributed by atoms with Crippen LogP contribution in [-0.2, 0) is 4.79 Å². The van der Waals surface area contributed by atoms with Crippen molar-refractivity contribution in [3.63, 3.8) is 0 Å². The van der Waals surface area contributed by atoms with Crippen molar-refractivity contribution in [3.8, 4) is 0 Å². The summed E-state index contributed by atoms with van der Waals surface area (Å²) in [7, 11) is 0. The molecule has 2 aliphatic rings. The summed E-state index contributed by atoms with van der Waals surface area (Å²) in [6.45, 7) is 0. The molecule has 29 heavy (non-hydrogen) atoms. The van der Waals surface area contributed by atoms with Gasteiger partial charge in [-0.25, -0.2) is 4.99 Å². The van der Waals surface area contributed by atoms with Gasteiger partial charge in [0.1, 0.15) is 5.04 Å². The van der Waals surface area contributed by atoms with Crippen LogP contribution in [0.15, 0.2) is 63.0 Å². The minimum absolute atomic E-state index is 0.0697. The summed E-state index contributed by atoms with van der Waals surface area (Å²) in [6.07, 6.45) is 5.50. The van der Waals surface area contributed by atoms with E-state index in [0.29, 0.717) is 5.02 Å². The molecule has 1 aliphatic heterocycles. The molecule has 1 fully saturated rings. The van der Waals surface area contributed by atoms with Gasteiger partial charge in [-0.1, -0.05) is 57.8 Å². The maximum absolute atomic E-state index is 12.4. The number of carbonyl (C=O) groups is 1. The van der Waals surface area contributed by atoms with Gasteiger partial charge in [-0.3, -0.25) is 9.79 Å². The molecule has 1 aliphatic carbocycles. The summed E-state index contributed by atoms with van der Waals surface area (Å²) in [5.41, 5.74) is 2.35. The number of amides is 1. The molecule has 0 radical (unpaired) electrons. The van der Waals surface area contributed by atoms with Crippen LogP contribution in [0.2, 0.25) is 5.02 Å². The fraction of sp³-hybridized carbons (Fsp3) is 0.318. The molecular formula is C22H21BrClN3OS. The van der Waals surface area contributed by atoms with Gasteiger partial charge < -0.3 is 5.32 Å². The van der Waals surface area contributed by atoms with Gasteiger partial charge >= 0.3 is 0 Å². The Morgan fingerprint density at radius 1 is 1.03 bits per heavy atom. The first-order valence-electron chi connectivity index (χ1n) is 9.67. The number of hydrogen-bond acceptors (Lipinski definition) is 4. The zero-order chi connectivity index (χ0) is 20.3. The number of anilines is 1. The van der Waals surface area contributed by atoms with Crippen LogP contribution in [0.3, 0.4) is 0 Å². The van der Waals surface area contributed by atoms with Crippen molar-refractivity contribution in [3.05, 3.63) is 63.6 Å². The monoisotopic (exact) mass is 489 g/mol. The van der Waals surface area contributed by atoms with Gasteiger partial charge in [0.2, 0.25) is 5.91 Å². The number of rotatable bonds is 4. The highest BCUT2D eigenvalue weighted by Crippen LogP contribution is 2.38. The predicted molar refractivity (Wildman–Crippen MR) is 126 cm³/mol. The van der Waals surface area contributed by atoms with Crippen molar-refractivity contribution in [1.82, 2.24) is 0 Å². The second-order valence-electron chi connectivity index (χ2n) is 7.27. The highest BCUT2D eigenvalue weighted by molar-refractivity contribution is 9.10. The third kappa shape index (κ3) is 5.11. The number of halogens is 2. The van der Waals surface area contributed by atoms with Crippen molar-refractivity contribution in [2.45, 2.75) is 37.8 Å². The van der Waals surface area contributed by atoms with Gasteiger partial charge in [0, 0.05) is 20.7 Å². The quantitative estimate of drug-likeness (QED) is 0.544. The molecule has 0 aromatic heterocycles. The summed E-state index contributed by atoms with van der Waals surface area (Å²) >= 11 is 10.8. The normalized spacial score (nSPS) is 17.7. The van der Waals surface area contributed by atoms with E-state index in [2.05, 4.69) is 33.4 Å². The Kier molecular flexibility index (Phi) is 6.42. The fourth-order valence-corrected chi connectivity index (χ4v) is 4.89. The van der Waals surface area contributed by atoms with Crippen molar-refractivity contribution < 1.29 is 4.79 Å². The molecule has 150 valence electrons. The Morgan fingerprint density at radius 3 is 2.41 bits per heavy atom. The number of thioether (sulfide) groups is 1. The summed E-state index contributed by atoms with van der Waals surface area (Å²) in [5.74, 6) is 0.215. The van der Waals surface area contributed by atoms with E-state index in [4.69, 9.17) is 21.6 Å². The van der Waals surface area contributed by atoms with Gasteiger partial charge in [0.15, 0.2) is 5.66 Å². The lowest BCUT2D eigenvalue weighted by Crippen LogP contribution is -2.25. The molecule has 4 rings (SSSR count). The second-order valence-corrected chi connectivity index (χ2v) is 9.59. The van der Waals surface area contributed by atoms with Crippen molar-refractivity contribution >= 4 is 61.6 Å². The van der Waals surface area contributed by atoms with Gasteiger partial charge in [-0.05, 0) is 62.1 Å². The molecule has 0 bridgehead atoms.